The summed E-state index contributed by atoms with van der Waals surface area (Å²) in [6.07, 6.45) is 3.37. The second kappa shape index (κ2) is 5.59. The number of amides is 1. The summed E-state index contributed by atoms with van der Waals surface area (Å²) in [5, 5.41) is 3.89. The molecule has 0 aliphatic heterocycles. The van der Waals surface area contributed by atoms with E-state index in [0.29, 0.717) is 29.1 Å². The number of anilines is 1. The summed E-state index contributed by atoms with van der Waals surface area (Å²) >= 11 is 5.88. The molecule has 1 saturated carbocycles. The Kier molecular flexibility index (Phi) is 4.09. The molecule has 18 heavy (non-hydrogen) atoms. The summed E-state index contributed by atoms with van der Waals surface area (Å²) in [4.78, 5) is 11.4. The van der Waals surface area contributed by atoms with Crippen LogP contribution in [0.1, 0.15) is 29.6 Å². The third-order valence-electron chi connectivity index (χ3n) is 3.55. The van der Waals surface area contributed by atoms with Gasteiger partial charge in [-0.05, 0) is 43.5 Å². The van der Waals surface area contributed by atoms with E-state index in [-0.39, 0.29) is 0 Å². The highest BCUT2D eigenvalue weighted by Crippen LogP contribution is 2.29. The Morgan fingerprint density at radius 3 is 2.89 bits per heavy atom. The highest BCUT2D eigenvalue weighted by molar-refractivity contribution is 6.31. The molecule has 0 saturated heterocycles. The lowest BCUT2D eigenvalue weighted by Gasteiger charge is -2.22. The lowest BCUT2D eigenvalue weighted by Crippen LogP contribution is -2.30. The number of nitrogens with two attached hydrogens (primary N) is 2. The van der Waals surface area contributed by atoms with Gasteiger partial charge in [-0.2, -0.15) is 0 Å². The van der Waals surface area contributed by atoms with Crippen LogP contribution in [0.3, 0.4) is 0 Å². The van der Waals surface area contributed by atoms with Crippen LogP contribution in [0.2, 0.25) is 5.02 Å². The molecule has 0 radical (unpaired) electrons. The number of carbonyl (C=O) groups is 1. The standard InChI is InChI=1S/C13H18ClN3O/c14-9-4-5-12(10(6-9)13(16)18)17-11-3-1-2-8(11)7-15/h4-6,8,11,17H,1-3,7,15H2,(H2,16,18). The van der Waals surface area contributed by atoms with Gasteiger partial charge >= 0.3 is 0 Å². The summed E-state index contributed by atoms with van der Waals surface area (Å²) in [6, 6.07) is 5.46. The monoisotopic (exact) mass is 267 g/mol. The molecule has 1 amide bonds. The van der Waals surface area contributed by atoms with Crippen molar-refractivity contribution in [3.8, 4) is 0 Å². The number of hydrogen-bond acceptors (Lipinski definition) is 3. The highest BCUT2D eigenvalue weighted by atomic mass is 35.5. The smallest absolute Gasteiger partial charge is 0.250 e. The molecule has 0 spiro atoms. The third-order valence-corrected chi connectivity index (χ3v) is 3.78. The Labute approximate surface area is 112 Å². The number of primary amides is 1. The van der Waals surface area contributed by atoms with E-state index in [1.54, 1.807) is 18.2 Å². The van der Waals surface area contributed by atoms with Crippen molar-refractivity contribution in [3.05, 3.63) is 28.8 Å². The van der Waals surface area contributed by atoms with Crippen LogP contribution in [0.4, 0.5) is 5.69 Å². The minimum absolute atomic E-state index is 0.314. The van der Waals surface area contributed by atoms with Crippen LogP contribution in [-0.2, 0) is 0 Å². The first-order chi connectivity index (χ1) is 8.61. The average molecular weight is 268 g/mol. The molecule has 0 heterocycles. The SMILES string of the molecule is NCC1CCCC1Nc1ccc(Cl)cc1C(N)=O. The van der Waals surface area contributed by atoms with Crippen LogP contribution >= 0.6 is 11.6 Å². The van der Waals surface area contributed by atoms with Gasteiger partial charge in [0.05, 0.1) is 5.56 Å². The quantitative estimate of drug-likeness (QED) is 0.780. The lowest BCUT2D eigenvalue weighted by molar-refractivity contribution is 0.100. The van der Waals surface area contributed by atoms with Gasteiger partial charge in [-0.1, -0.05) is 18.0 Å². The van der Waals surface area contributed by atoms with Crippen molar-refractivity contribution in [2.45, 2.75) is 25.3 Å². The van der Waals surface area contributed by atoms with Crippen molar-refractivity contribution in [2.24, 2.45) is 17.4 Å². The van der Waals surface area contributed by atoms with E-state index in [1.807, 2.05) is 0 Å². The van der Waals surface area contributed by atoms with Gasteiger partial charge in [0.2, 0.25) is 0 Å². The molecule has 2 atom stereocenters. The van der Waals surface area contributed by atoms with Crippen LogP contribution in [0.25, 0.3) is 0 Å². The van der Waals surface area contributed by atoms with Gasteiger partial charge in [0, 0.05) is 16.8 Å². The molecule has 2 rings (SSSR count). The molecular weight excluding hydrogens is 250 g/mol. The fraction of sp³-hybridized carbons (Fsp3) is 0.462. The molecule has 1 fully saturated rings. The molecule has 0 aromatic heterocycles. The second-order valence-corrected chi connectivity index (χ2v) is 5.17. The molecule has 0 bridgehead atoms. The second-order valence-electron chi connectivity index (χ2n) is 4.73. The van der Waals surface area contributed by atoms with Gasteiger partial charge in [0.1, 0.15) is 0 Å². The maximum absolute atomic E-state index is 11.4. The number of hydrogen-bond donors (Lipinski definition) is 3. The zero-order chi connectivity index (χ0) is 13.1. The normalized spacial score (nSPS) is 23.0. The molecule has 1 aromatic carbocycles. The molecule has 1 aliphatic carbocycles. The van der Waals surface area contributed by atoms with Crippen molar-refractivity contribution in [3.63, 3.8) is 0 Å². The van der Waals surface area contributed by atoms with Gasteiger partial charge in [-0.25, -0.2) is 0 Å². The van der Waals surface area contributed by atoms with Gasteiger partial charge < -0.3 is 16.8 Å². The fourth-order valence-electron chi connectivity index (χ4n) is 2.55. The van der Waals surface area contributed by atoms with E-state index in [4.69, 9.17) is 23.1 Å². The van der Waals surface area contributed by atoms with Crippen LogP contribution in [0, 0.1) is 5.92 Å². The first-order valence-corrected chi connectivity index (χ1v) is 6.55. The lowest BCUT2D eigenvalue weighted by atomic mass is 10.0. The van der Waals surface area contributed by atoms with E-state index < -0.39 is 5.91 Å². The van der Waals surface area contributed by atoms with E-state index in [1.165, 1.54) is 6.42 Å². The van der Waals surface area contributed by atoms with E-state index in [0.717, 1.165) is 18.5 Å². The summed E-state index contributed by atoms with van der Waals surface area (Å²) in [7, 11) is 0. The summed E-state index contributed by atoms with van der Waals surface area (Å²) in [5.41, 5.74) is 12.3. The first kappa shape index (κ1) is 13.2. The predicted octanol–water partition coefficient (Wildman–Crippen LogP) is 1.98. The van der Waals surface area contributed by atoms with Crippen molar-refractivity contribution in [1.29, 1.82) is 0 Å². The number of benzene rings is 1. The van der Waals surface area contributed by atoms with Crippen molar-refractivity contribution in [2.75, 3.05) is 11.9 Å². The molecule has 5 heteroatoms. The first-order valence-electron chi connectivity index (χ1n) is 6.17. The zero-order valence-electron chi connectivity index (χ0n) is 10.2. The topological polar surface area (TPSA) is 81.1 Å². The number of halogens is 1. The van der Waals surface area contributed by atoms with E-state index in [9.17, 15) is 4.79 Å². The highest BCUT2D eigenvalue weighted by Gasteiger charge is 2.26. The molecule has 4 nitrogen and oxygen atoms in total. The zero-order valence-corrected chi connectivity index (χ0v) is 10.9. The van der Waals surface area contributed by atoms with Crippen LogP contribution in [-0.4, -0.2) is 18.5 Å². The van der Waals surface area contributed by atoms with E-state index in [2.05, 4.69) is 5.32 Å². The van der Waals surface area contributed by atoms with E-state index >= 15 is 0 Å². The van der Waals surface area contributed by atoms with Crippen LogP contribution in [0.5, 0.6) is 0 Å². The van der Waals surface area contributed by atoms with Crippen molar-refractivity contribution in [1.82, 2.24) is 0 Å². The Balaban J connectivity index is 2.20. The van der Waals surface area contributed by atoms with Gasteiger partial charge in [-0.3, -0.25) is 4.79 Å². The molecule has 1 aromatic rings. The molecule has 2 unspecified atom stereocenters. The van der Waals surface area contributed by atoms with Crippen molar-refractivity contribution < 1.29 is 4.79 Å². The fourth-order valence-corrected chi connectivity index (χ4v) is 2.73. The minimum Gasteiger partial charge on any atom is -0.381 e. The Bertz CT molecular complexity index is 450. The largest absolute Gasteiger partial charge is 0.381 e. The Morgan fingerprint density at radius 1 is 1.44 bits per heavy atom. The molecule has 5 N–H and O–H groups in total. The number of rotatable bonds is 4. The average Bonchev–Trinajstić information content (AvgIpc) is 2.78. The molecular formula is C13H18ClN3O. The summed E-state index contributed by atoms with van der Waals surface area (Å²) in [6.45, 7) is 0.664. The predicted molar refractivity (Wildman–Crippen MR) is 73.8 cm³/mol. The maximum atomic E-state index is 11.4. The third kappa shape index (κ3) is 2.76. The van der Waals surface area contributed by atoms with Gasteiger partial charge in [0.25, 0.3) is 5.91 Å². The van der Waals surface area contributed by atoms with Crippen LogP contribution < -0.4 is 16.8 Å². The maximum Gasteiger partial charge on any atom is 0.250 e. The minimum atomic E-state index is -0.470. The Hall–Kier alpha value is -1.26. The Morgan fingerprint density at radius 2 is 2.22 bits per heavy atom. The van der Waals surface area contributed by atoms with Crippen molar-refractivity contribution >= 4 is 23.2 Å². The number of carbonyl (C=O) groups excluding carboxylic acids is 1. The number of nitrogens with one attached hydrogen (secondary N) is 1. The molecule has 98 valence electrons. The summed E-state index contributed by atoms with van der Waals surface area (Å²) in [5.74, 6) is -0.0105. The van der Waals surface area contributed by atoms with Gasteiger partial charge in [0.15, 0.2) is 0 Å². The molecule has 1 aliphatic rings. The summed E-state index contributed by atoms with van der Waals surface area (Å²) < 4.78 is 0. The van der Waals surface area contributed by atoms with Crippen LogP contribution in [0.15, 0.2) is 18.2 Å². The van der Waals surface area contributed by atoms with Gasteiger partial charge in [-0.15, -0.1) is 0 Å².